The fourth-order valence-corrected chi connectivity index (χ4v) is 3.53. The molecule has 1 saturated heterocycles. The molecule has 1 aliphatic rings. The van der Waals surface area contributed by atoms with Crippen LogP contribution >= 0.6 is 0 Å². The van der Waals surface area contributed by atoms with Crippen molar-refractivity contribution in [2.45, 2.75) is 75.5 Å². The number of aliphatic carboxylic acids is 3. The van der Waals surface area contributed by atoms with Gasteiger partial charge in [0.05, 0.1) is 6.04 Å². The van der Waals surface area contributed by atoms with Crippen molar-refractivity contribution in [2.75, 3.05) is 6.54 Å². The first kappa shape index (κ1) is 29.3. The molecular formula is C20H31N5O10. The van der Waals surface area contributed by atoms with Crippen LogP contribution in [0.1, 0.15) is 51.4 Å². The van der Waals surface area contributed by atoms with Gasteiger partial charge in [-0.25, -0.2) is 4.79 Å². The number of carbonyl (C=O) groups excluding carboxylic acids is 4. The lowest BCUT2D eigenvalue weighted by Gasteiger charge is -2.28. The zero-order chi connectivity index (χ0) is 26.7. The Morgan fingerprint density at radius 2 is 1.37 bits per heavy atom. The Labute approximate surface area is 200 Å². The summed E-state index contributed by atoms with van der Waals surface area (Å²) in [5.74, 6) is -7.07. The first-order chi connectivity index (χ1) is 16.3. The average molecular weight is 501 g/mol. The van der Waals surface area contributed by atoms with Crippen LogP contribution < -0.4 is 22.1 Å². The minimum absolute atomic E-state index is 0.107. The second-order valence-electron chi connectivity index (χ2n) is 8.13. The molecule has 9 N–H and O–H groups in total. The number of carboxylic acid groups (broad SMARTS) is 3. The highest BCUT2D eigenvalue weighted by Crippen LogP contribution is 2.20. The number of carboxylic acids is 3. The van der Waals surface area contributed by atoms with Crippen LogP contribution in [0.5, 0.6) is 0 Å². The van der Waals surface area contributed by atoms with Crippen molar-refractivity contribution < 1.29 is 48.9 Å². The highest BCUT2D eigenvalue weighted by Gasteiger charge is 2.38. The van der Waals surface area contributed by atoms with Crippen molar-refractivity contribution >= 4 is 41.5 Å². The van der Waals surface area contributed by atoms with Gasteiger partial charge in [0, 0.05) is 25.8 Å². The number of nitrogens with zero attached hydrogens (tertiary/aromatic N) is 1. The smallest absolute Gasteiger partial charge is 0.326 e. The van der Waals surface area contributed by atoms with Gasteiger partial charge in [0.2, 0.25) is 23.6 Å². The van der Waals surface area contributed by atoms with E-state index in [2.05, 4.69) is 10.6 Å². The number of rotatable bonds is 15. The van der Waals surface area contributed by atoms with Gasteiger partial charge in [-0.2, -0.15) is 0 Å². The van der Waals surface area contributed by atoms with Gasteiger partial charge >= 0.3 is 17.9 Å². The van der Waals surface area contributed by atoms with E-state index in [0.29, 0.717) is 6.42 Å². The number of primary amides is 1. The van der Waals surface area contributed by atoms with E-state index in [1.54, 1.807) is 0 Å². The first-order valence-corrected chi connectivity index (χ1v) is 10.9. The van der Waals surface area contributed by atoms with Crippen molar-refractivity contribution in [3.63, 3.8) is 0 Å². The molecule has 4 atom stereocenters. The summed E-state index contributed by atoms with van der Waals surface area (Å²) >= 11 is 0. The van der Waals surface area contributed by atoms with Crippen LogP contribution in [-0.4, -0.2) is 92.5 Å². The Hall–Kier alpha value is -3.75. The van der Waals surface area contributed by atoms with Crippen LogP contribution in [0.15, 0.2) is 0 Å². The summed E-state index contributed by atoms with van der Waals surface area (Å²) in [6.07, 6.45) is -1.49. The molecular weight excluding hydrogens is 470 g/mol. The van der Waals surface area contributed by atoms with Crippen LogP contribution in [0.25, 0.3) is 0 Å². The second-order valence-corrected chi connectivity index (χ2v) is 8.13. The summed E-state index contributed by atoms with van der Waals surface area (Å²) in [6, 6.07) is -5.21. The maximum atomic E-state index is 13.0. The molecule has 4 unspecified atom stereocenters. The van der Waals surface area contributed by atoms with E-state index >= 15 is 0 Å². The number of nitrogens with one attached hydrogen (secondary N) is 2. The van der Waals surface area contributed by atoms with E-state index in [4.69, 9.17) is 21.7 Å². The van der Waals surface area contributed by atoms with Gasteiger partial charge in [-0.15, -0.1) is 0 Å². The van der Waals surface area contributed by atoms with E-state index in [1.807, 2.05) is 0 Å². The molecule has 1 aliphatic heterocycles. The summed E-state index contributed by atoms with van der Waals surface area (Å²) < 4.78 is 0. The largest absolute Gasteiger partial charge is 0.481 e. The summed E-state index contributed by atoms with van der Waals surface area (Å²) in [4.78, 5) is 83.7. The van der Waals surface area contributed by atoms with Crippen LogP contribution in [-0.2, 0) is 33.6 Å². The topological polar surface area (TPSA) is 260 Å². The van der Waals surface area contributed by atoms with Gasteiger partial charge in [0.25, 0.3) is 0 Å². The van der Waals surface area contributed by atoms with Gasteiger partial charge in [0.1, 0.15) is 18.1 Å². The molecule has 4 amide bonds. The van der Waals surface area contributed by atoms with Crippen molar-refractivity contribution in [2.24, 2.45) is 11.5 Å². The molecule has 15 heteroatoms. The monoisotopic (exact) mass is 501 g/mol. The van der Waals surface area contributed by atoms with Crippen molar-refractivity contribution in [1.82, 2.24) is 15.5 Å². The highest BCUT2D eigenvalue weighted by atomic mass is 16.4. The minimum Gasteiger partial charge on any atom is -0.481 e. The predicted molar refractivity (Wildman–Crippen MR) is 116 cm³/mol. The molecule has 0 aromatic carbocycles. The lowest BCUT2D eigenvalue weighted by molar-refractivity contribution is -0.150. The van der Waals surface area contributed by atoms with Crippen LogP contribution in [0.2, 0.25) is 0 Å². The lowest BCUT2D eigenvalue weighted by atomic mass is 10.1. The zero-order valence-corrected chi connectivity index (χ0v) is 19.0. The van der Waals surface area contributed by atoms with Crippen LogP contribution in [0, 0.1) is 0 Å². The van der Waals surface area contributed by atoms with Gasteiger partial charge in [0.15, 0.2) is 0 Å². The zero-order valence-electron chi connectivity index (χ0n) is 19.0. The molecule has 0 aliphatic carbocycles. The maximum Gasteiger partial charge on any atom is 0.326 e. The average Bonchev–Trinajstić information content (AvgIpc) is 3.26. The predicted octanol–water partition coefficient (Wildman–Crippen LogP) is -2.65. The molecule has 35 heavy (non-hydrogen) atoms. The number of hydrogen-bond acceptors (Lipinski definition) is 8. The number of carbonyl (C=O) groups is 7. The summed E-state index contributed by atoms with van der Waals surface area (Å²) in [6.45, 7) is 0.107. The summed E-state index contributed by atoms with van der Waals surface area (Å²) in [5, 5.41) is 31.7. The molecule has 1 fully saturated rings. The normalized spacial score (nSPS) is 17.6. The maximum absolute atomic E-state index is 13.0. The third kappa shape index (κ3) is 9.95. The molecule has 0 bridgehead atoms. The van der Waals surface area contributed by atoms with E-state index in [9.17, 15) is 38.7 Å². The second kappa shape index (κ2) is 13.8. The first-order valence-electron chi connectivity index (χ1n) is 10.9. The van der Waals surface area contributed by atoms with Crippen molar-refractivity contribution in [3.8, 4) is 0 Å². The Balaban J connectivity index is 3.02. The van der Waals surface area contributed by atoms with Gasteiger partial charge in [-0.05, 0) is 32.1 Å². The Morgan fingerprint density at radius 3 is 1.91 bits per heavy atom. The number of hydrogen-bond donors (Lipinski definition) is 7. The lowest BCUT2D eigenvalue weighted by Crippen LogP contribution is -2.57. The molecule has 1 rings (SSSR count). The van der Waals surface area contributed by atoms with E-state index in [0.717, 1.165) is 4.90 Å². The van der Waals surface area contributed by atoms with E-state index < -0.39 is 78.5 Å². The SMILES string of the molecule is NC(=O)CCC(NC(=O)C(N)CCC(=O)O)C(=O)NC(CCC(=O)O)C(=O)N1CCCC1C(=O)O. The molecule has 0 saturated carbocycles. The fourth-order valence-electron chi connectivity index (χ4n) is 3.53. The van der Waals surface area contributed by atoms with Crippen molar-refractivity contribution in [1.29, 1.82) is 0 Å². The molecule has 0 aromatic heterocycles. The number of nitrogens with two attached hydrogens (primary N) is 2. The summed E-state index contributed by atoms with van der Waals surface area (Å²) in [5.41, 5.74) is 10.8. The molecule has 15 nitrogen and oxygen atoms in total. The molecule has 0 aromatic rings. The Kier molecular flexibility index (Phi) is 11.6. The summed E-state index contributed by atoms with van der Waals surface area (Å²) in [7, 11) is 0. The standard InChI is InChI=1S/C20H31N5O10/c21-10(3-7-15(27)28)17(31)23-11(4-6-14(22)26)18(32)24-12(5-8-16(29)30)19(33)25-9-1-2-13(25)20(34)35/h10-13H,1-9,21H2,(H2,22,26)(H,23,31)(H,24,32)(H,27,28)(H,29,30)(H,34,35). The molecule has 196 valence electrons. The minimum atomic E-state index is -1.41. The van der Waals surface area contributed by atoms with Gasteiger partial charge < -0.3 is 42.3 Å². The van der Waals surface area contributed by atoms with E-state index in [1.165, 1.54) is 0 Å². The molecule has 0 radical (unpaired) electrons. The van der Waals surface area contributed by atoms with Crippen LogP contribution in [0.3, 0.4) is 0 Å². The third-order valence-electron chi connectivity index (χ3n) is 5.40. The Morgan fingerprint density at radius 1 is 0.829 bits per heavy atom. The van der Waals surface area contributed by atoms with Crippen molar-refractivity contribution in [3.05, 3.63) is 0 Å². The van der Waals surface area contributed by atoms with Crippen LogP contribution in [0.4, 0.5) is 0 Å². The highest BCUT2D eigenvalue weighted by molar-refractivity contribution is 5.94. The molecule has 1 heterocycles. The Bertz CT molecular complexity index is 848. The third-order valence-corrected chi connectivity index (χ3v) is 5.40. The van der Waals surface area contributed by atoms with Gasteiger partial charge in [-0.1, -0.05) is 0 Å². The van der Waals surface area contributed by atoms with Gasteiger partial charge in [-0.3, -0.25) is 28.8 Å². The number of amides is 4. The molecule has 0 spiro atoms. The van der Waals surface area contributed by atoms with E-state index in [-0.39, 0.29) is 38.6 Å². The number of likely N-dealkylation sites (tertiary alicyclic amines) is 1. The quantitative estimate of drug-likeness (QED) is 0.122. The fraction of sp³-hybridized carbons (Fsp3) is 0.650.